The summed E-state index contributed by atoms with van der Waals surface area (Å²) in [6.07, 6.45) is 1.84. The SMILES string of the molecule is CSc1nc(-c2cccs2)c(C)cc1C(=O)O. The molecule has 0 aromatic carbocycles. The molecule has 0 unspecified atom stereocenters. The van der Waals surface area contributed by atoms with Gasteiger partial charge in [-0.2, -0.15) is 0 Å². The number of aromatic nitrogens is 1. The molecule has 2 aromatic rings. The Morgan fingerprint density at radius 2 is 2.29 bits per heavy atom. The maximum Gasteiger partial charge on any atom is 0.338 e. The van der Waals surface area contributed by atoms with Gasteiger partial charge in [-0.25, -0.2) is 9.78 Å². The smallest absolute Gasteiger partial charge is 0.338 e. The number of aryl methyl sites for hydroxylation is 1. The lowest BCUT2D eigenvalue weighted by molar-refractivity contribution is 0.0692. The van der Waals surface area contributed by atoms with Crippen LogP contribution in [0.1, 0.15) is 15.9 Å². The van der Waals surface area contributed by atoms with Crippen molar-refractivity contribution in [2.75, 3.05) is 6.26 Å². The van der Waals surface area contributed by atoms with Crippen molar-refractivity contribution in [2.24, 2.45) is 0 Å². The van der Waals surface area contributed by atoms with Gasteiger partial charge in [0.2, 0.25) is 0 Å². The van der Waals surface area contributed by atoms with E-state index in [4.69, 9.17) is 5.11 Å². The second kappa shape index (κ2) is 4.89. The Kier molecular flexibility index (Phi) is 3.49. The van der Waals surface area contributed by atoms with Crippen LogP contribution in [0.15, 0.2) is 28.6 Å². The lowest BCUT2D eigenvalue weighted by atomic mass is 10.1. The third-order valence-electron chi connectivity index (χ3n) is 2.36. The van der Waals surface area contributed by atoms with Gasteiger partial charge < -0.3 is 5.11 Å². The summed E-state index contributed by atoms with van der Waals surface area (Å²) in [6, 6.07) is 5.64. The molecule has 0 radical (unpaired) electrons. The maximum atomic E-state index is 11.1. The van der Waals surface area contributed by atoms with Gasteiger partial charge in [0.15, 0.2) is 0 Å². The number of carbonyl (C=O) groups is 1. The zero-order valence-corrected chi connectivity index (χ0v) is 11.1. The molecule has 3 nitrogen and oxygen atoms in total. The Labute approximate surface area is 108 Å². The van der Waals surface area contributed by atoms with Crippen LogP contribution < -0.4 is 0 Å². The molecular weight excluding hydrogens is 254 g/mol. The van der Waals surface area contributed by atoms with Crippen LogP contribution in [0.4, 0.5) is 0 Å². The van der Waals surface area contributed by atoms with Gasteiger partial charge in [-0.3, -0.25) is 0 Å². The monoisotopic (exact) mass is 265 g/mol. The molecule has 1 N–H and O–H groups in total. The quantitative estimate of drug-likeness (QED) is 0.862. The van der Waals surface area contributed by atoms with Crippen LogP contribution in [0.3, 0.4) is 0 Å². The number of pyridine rings is 1. The number of aromatic carboxylic acids is 1. The molecule has 17 heavy (non-hydrogen) atoms. The molecule has 0 spiro atoms. The highest BCUT2D eigenvalue weighted by Crippen LogP contribution is 2.30. The molecule has 0 atom stereocenters. The average Bonchev–Trinajstić information content (AvgIpc) is 2.82. The fourth-order valence-electron chi connectivity index (χ4n) is 1.57. The number of carboxylic acids is 1. The fraction of sp³-hybridized carbons (Fsp3) is 0.167. The van der Waals surface area contributed by atoms with Gasteiger partial charge in [-0.15, -0.1) is 23.1 Å². The van der Waals surface area contributed by atoms with E-state index in [1.54, 1.807) is 17.4 Å². The first-order chi connectivity index (χ1) is 8.13. The molecule has 0 fully saturated rings. The Balaban J connectivity index is 2.60. The standard InChI is InChI=1S/C12H11NO2S2/c1-7-6-8(12(14)15)11(16-2)13-10(7)9-4-3-5-17-9/h3-6H,1-2H3,(H,14,15). The predicted molar refractivity (Wildman–Crippen MR) is 71.0 cm³/mol. The predicted octanol–water partition coefficient (Wildman–Crippen LogP) is 3.54. The van der Waals surface area contributed by atoms with Gasteiger partial charge in [0.05, 0.1) is 16.1 Å². The first-order valence-electron chi connectivity index (χ1n) is 4.96. The van der Waals surface area contributed by atoms with Crippen molar-refractivity contribution in [3.05, 3.63) is 34.7 Å². The summed E-state index contributed by atoms with van der Waals surface area (Å²) >= 11 is 2.96. The normalized spacial score (nSPS) is 10.5. The summed E-state index contributed by atoms with van der Waals surface area (Å²) in [5, 5.41) is 11.6. The van der Waals surface area contributed by atoms with Crippen molar-refractivity contribution in [3.8, 4) is 10.6 Å². The Bertz CT molecular complexity index is 550. The third kappa shape index (κ3) is 2.35. The molecule has 0 amide bonds. The lowest BCUT2D eigenvalue weighted by Gasteiger charge is -2.08. The third-order valence-corrected chi connectivity index (χ3v) is 3.93. The molecule has 5 heteroatoms. The molecule has 2 rings (SSSR count). The van der Waals surface area contributed by atoms with E-state index in [2.05, 4.69) is 4.98 Å². The molecule has 0 aliphatic heterocycles. The summed E-state index contributed by atoms with van der Waals surface area (Å²) < 4.78 is 0. The molecule has 2 aromatic heterocycles. The number of carboxylic acid groups (broad SMARTS) is 1. The molecule has 0 saturated heterocycles. The Morgan fingerprint density at radius 3 is 2.82 bits per heavy atom. The molecule has 88 valence electrons. The Morgan fingerprint density at radius 1 is 1.53 bits per heavy atom. The van der Waals surface area contributed by atoms with Gasteiger partial charge in [0.1, 0.15) is 5.03 Å². The van der Waals surface area contributed by atoms with Crippen molar-refractivity contribution in [1.82, 2.24) is 4.98 Å². The van der Waals surface area contributed by atoms with Crippen LogP contribution in [0, 0.1) is 6.92 Å². The van der Waals surface area contributed by atoms with Crippen molar-refractivity contribution < 1.29 is 9.90 Å². The van der Waals surface area contributed by atoms with Gasteiger partial charge in [-0.1, -0.05) is 6.07 Å². The van der Waals surface area contributed by atoms with E-state index < -0.39 is 5.97 Å². The van der Waals surface area contributed by atoms with Crippen molar-refractivity contribution in [1.29, 1.82) is 0 Å². The van der Waals surface area contributed by atoms with Gasteiger partial charge in [0.25, 0.3) is 0 Å². The summed E-state index contributed by atoms with van der Waals surface area (Å²) in [4.78, 5) is 16.6. The van der Waals surface area contributed by atoms with E-state index in [0.29, 0.717) is 5.03 Å². The van der Waals surface area contributed by atoms with E-state index in [1.165, 1.54) is 11.8 Å². The molecule has 0 saturated carbocycles. The van der Waals surface area contributed by atoms with Crippen LogP contribution in [0.2, 0.25) is 0 Å². The number of thiophene rings is 1. The average molecular weight is 265 g/mol. The first-order valence-corrected chi connectivity index (χ1v) is 7.06. The van der Waals surface area contributed by atoms with Gasteiger partial charge >= 0.3 is 5.97 Å². The number of rotatable bonds is 3. The summed E-state index contributed by atoms with van der Waals surface area (Å²) in [5.74, 6) is -0.928. The first kappa shape index (κ1) is 12.1. The summed E-state index contributed by atoms with van der Waals surface area (Å²) in [5.41, 5.74) is 2.03. The zero-order valence-electron chi connectivity index (χ0n) is 9.43. The van der Waals surface area contributed by atoms with Crippen molar-refractivity contribution in [2.45, 2.75) is 11.9 Å². The highest BCUT2D eigenvalue weighted by atomic mass is 32.2. The van der Waals surface area contributed by atoms with E-state index in [0.717, 1.165) is 16.1 Å². The molecule has 0 bridgehead atoms. The minimum atomic E-state index is -0.928. The minimum Gasteiger partial charge on any atom is -0.478 e. The molecule has 2 heterocycles. The summed E-state index contributed by atoms with van der Waals surface area (Å²) in [6.45, 7) is 1.89. The van der Waals surface area contributed by atoms with Gasteiger partial charge in [0, 0.05) is 0 Å². The topological polar surface area (TPSA) is 50.2 Å². The second-order valence-corrected chi connectivity index (χ2v) is 5.24. The summed E-state index contributed by atoms with van der Waals surface area (Å²) in [7, 11) is 0. The van der Waals surface area contributed by atoms with E-state index in [9.17, 15) is 4.79 Å². The lowest BCUT2D eigenvalue weighted by Crippen LogP contribution is -2.03. The zero-order chi connectivity index (χ0) is 12.4. The Hall–Kier alpha value is -1.33. The van der Waals surface area contributed by atoms with E-state index in [-0.39, 0.29) is 5.56 Å². The molecule has 0 aliphatic carbocycles. The van der Waals surface area contributed by atoms with Crippen LogP contribution in [0.25, 0.3) is 10.6 Å². The second-order valence-electron chi connectivity index (χ2n) is 3.49. The van der Waals surface area contributed by atoms with Crippen molar-refractivity contribution in [3.63, 3.8) is 0 Å². The van der Waals surface area contributed by atoms with E-state index in [1.807, 2.05) is 30.7 Å². The molecular formula is C12H11NO2S2. The number of nitrogens with zero attached hydrogens (tertiary/aromatic N) is 1. The van der Waals surface area contributed by atoms with E-state index >= 15 is 0 Å². The fourth-order valence-corrected chi connectivity index (χ4v) is 2.90. The number of thioether (sulfide) groups is 1. The highest BCUT2D eigenvalue weighted by molar-refractivity contribution is 7.98. The van der Waals surface area contributed by atoms with Crippen LogP contribution >= 0.6 is 23.1 Å². The maximum absolute atomic E-state index is 11.1. The van der Waals surface area contributed by atoms with Crippen LogP contribution in [-0.2, 0) is 0 Å². The number of hydrogen-bond donors (Lipinski definition) is 1. The van der Waals surface area contributed by atoms with Crippen LogP contribution in [0.5, 0.6) is 0 Å². The van der Waals surface area contributed by atoms with Crippen molar-refractivity contribution >= 4 is 29.1 Å². The highest BCUT2D eigenvalue weighted by Gasteiger charge is 2.15. The minimum absolute atomic E-state index is 0.273. The number of hydrogen-bond acceptors (Lipinski definition) is 4. The largest absolute Gasteiger partial charge is 0.478 e. The van der Waals surface area contributed by atoms with Crippen LogP contribution in [-0.4, -0.2) is 22.3 Å². The van der Waals surface area contributed by atoms with Gasteiger partial charge in [-0.05, 0) is 36.3 Å². The molecule has 0 aliphatic rings.